The maximum atomic E-state index is 13.0. The van der Waals surface area contributed by atoms with Crippen LogP contribution >= 0.6 is 0 Å². The van der Waals surface area contributed by atoms with E-state index in [-0.39, 0.29) is 27.9 Å². The highest BCUT2D eigenvalue weighted by Crippen LogP contribution is 2.37. The van der Waals surface area contributed by atoms with Gasteiger partial charge in [-0.15, -0.1) is 0 Å². The minimum atomic E-state index is -4.02. The second kappa shape index (κ2) is 8.63. The first-order valence-electron chi connectivity index (χ1n) is 11.1. The Morgan fingerprint density at radius 2 is 1.74 bits per heavy atom. The summed E-state index contributed by atoms with van der Waals surface area (Å²) in [7, 11) is -2.42. The summed E-state index contributed by atoms with van der Waals surface area (Å²) in [6.45, 7) is 4.67. The number of hydrogen-bond acceptors (Lipinski definition) is 6. The summed E-state index contributed by atoms with van der Waals surface area (Å²) in [5, 5.41) is 0.930. The average molecular weight is 490 g/mol. The highest BCUT2D eigenvalue weighted by Gasteiger charge is 2.29. The van der Waals surface area contributed by atoms with Gasteiger partial charge in [-0.25, -0.2) is 0 Å². The molecular formula is C27H23NO6S. The van der Waals surface area contributed by atoms with E-state index < -0.39 is 10.1 Å². The molecule has 178 valence electrons. The molecule has 0 amide bonds. The zero-order valence-electron chi connectivity index (χ0n) is 19.4. The molecule has 8 heteroatoms. The number of benzene rings is 3. The number of ketones is 1. The number of hydrogen-bond donors (Lipinski definition) is 0. The van der Waals surface area contributed by atoms with Crippen LogP contribution in [0.5, 0.6) is 17.2 Å². The number of fused-ring (bicyclic) bond motifs is 2. The van der Waals surface area contributed by atoms with E-state index in [0.717, 1.165) is 28.6 Å². The topological polar surface area (TPSA) is 83.8 Å². The molecule has 0 saturated heterocycles. The predicted molar refractivity (Wildman–Crippen MR) is 133 cm³/mol. The highest BCUT2D eigenvalue weighted by atomic mass is 32.2. The number of aromatic nitrogens is 1. The molecule has 3 aromatic carbocycles. The van der Waals surface area contributed by atoms with Crippen LogP contribution in [0, 0.1) is 6.92 Å². The van der Waals surface area contributed by atoms with Crippen LogP contribution in [-0.4, -0.2) is 25.9 Å². The van der Waals surface area contributed by atoms with E-state index in [0.29, 0.717) is 11.3 Å². The Kier molecular flexibility index (Phi) is 5.61. The van der Waals surface area contributed by atoms with E-state index in [1.165, 1.54) is 30.3 Å². The maximum absolute atomic E-state index is 13.0. The van der Waals surface area contributed by atoms with Gasteiger partial charge in [-0.2, -0.15) is 8.42 Å². The maximum Gasteiger partial charge on any atom is 0.339 e. The normalized spacial score (nSPS) is 14.3. The van der Waals surface area contributed by atoms with Crippen molar-refractivity contribution >= 4 is 32.9 Å². The first kappa shape index (κ1) is 22.7. The summed E-state index contributed by atoms with van der Waals surface area (Å²) < 4.78 is 43.8. The van der Waals surface area contributed by atoms with Crippen molar-refractivity contribution in [2.75, 3.05) is 7.11 Å². The molecule has 1 aromatic heterocycles. The number of aryl methyl sites for hydroxylation is 2. The van der Waals surface area contributed by atoms with Crippen molar-refractivity contribution in [3.05, 3.63) is 89.3 Å². The molecule has 0 unspecified atom stereocenters. The summed E-state index contributed by atoms with van der Waals surface area (Å²) in [5.74, 6) is 0.884. The number of methoxy groups -OCH3 is 1. The van der Waals surface area contributed by atoms with Crippen LogP contribution in [0.1, 0.15) is 28.4 Å². The number of carbonyl (C=O) groups excluding carboxylic acids is 1. The number of Topliss-reactive ketones (excluding diaryl/α,β-unsaturated/α-hetero) is 1. The van der Waals surface area contributed by atoms with Gasteiger partial charge < -0.3 is 18.2 Å². The van der Waals surface area contributed by atoms with Gasteiger partial charge in [0.05, 0.1) is 12.7 Å². The lowest BCUT2D eigenvalue weighted by Gasteiger charge is -2.08. The lowest BCUT2D eigenvalue weighted by Crippen LogP contribution is -2.09. The molecule has 1 aliphatic rings. The van der Waals surface area contributed by atoms with E-state index in [1.54, 1.807) is 25.3 Å². The molecule has 0 bridgehead atoms. The van der Waals surface area contributed by atoms with Crippen LogP contribution in [0.2, 0.25) is 0 Å². The molecule has 5 rings (SSSR count). The molecule has 1 aliphatic heterocycles. The summed E-state index contributed by atoms with van der Waals surface area (Å²) >= 11 is 0. The lowest BCUT2D eigenvalue weighted by molar-refractivity contribution is 0.101. The monoisotopic (exact) mass is 489 g/mol. The zero-order chi connectivity index (χ0) is 24.7. The van der Waals surface area contributed by atoms with E-state index in [9.17, 15) is 13.2 Å². The number of rotatable bonds is 6. The van der Waals surface area contributed by atoms with Crippen molar-refractivity contribution in [2.24, 2.45) is 0 Å². The van der Waals surface area contributed by atoms with Crippen molar-refractivity contribution in [2.45, 2.75) is 25.3 Å². The summed E-state index contributed by atoms with van der Waals surface area (Å²) in [6.07, 6.45) is 3.65. The summed E-state index contributed by atoms with van der Waals surface area (Å²) in [5.41, 5.74) is 3.11. The molecule has 0 atom stereocenters. The Labute approximate surface area is 203 Å². The Balaban J connectivity index is 1.46. The van der Waals surface area contributed by atoms with Crippen molar-refractivity contribution in [1.82, 2.24) is 4.57 Å². The lowest BCUT2D eigenvalue weighted by atomic mass is 10.1. The van der Waals surface area contributed by atoms with Gasteiger partial charge in [0.15, 0.2) is 5.76 Å². The minimum absolute atomic E-state index is 0.0453. The molecule has 4 aromatic rings. The van der Waals surface area contributed by atoms with Gasteiger partial charge in [0, 0.05) is 35.3 Å². The minimum Gasteiger partial charge on any atom is -0.497 e. The van der Waals surface area contributed by atoms with Crippen molar-refractivity contribution in [3.63, 3.8) is 0 Å². The van der Waals surface area contributed by atoms with Gasteiger partial charge in [0.2, 0.25) is 5.78 Å². The number of allylic oxidation sites excluding steroid dienone is 1. The van der Waals surface area contributed by atoms with Crippen molar-refractivity contribution in [1.29, 1.82) is 0 Å². The Morgan fingerprint density at radius 1 is 1.00 bits per heavy atom. The van der Waals surface area contributed by atoms with Crippen LogP contribution < -0.4 is 13.7 Å². The third kappa shape index (κ3) is 4.17. The Morgan fingerprint density at radius 3 is 2.46 bits per heavy atom. The number of ether oxygens (including phenoxy) is 2. The molecule has 7 nitrogen and oxygen atoms in total. The molecule has 0 spiro atoms. The predicted octanol–water partition coefficient (Wildman–Crippen LogP) is 5.36. The molecular weight excluding hydrogens is 466 g/mol. The van der Waals surface area contributed by atoms with Crippen molar-refractivity contribution in [3.8, 4) is 17.2 Å². The third-order valence-corrected chi connectivity index (χ3v) is 7.16. The van der Waals surface area contributed by atoms with Gasteiger partial charge in [-0.1, -0.05) is 17.7 Å². The smallest absolute Gasteiger partial charge is 0.339 e. The molecule has 0 radical (unpaired) electrons. The van der Waals surface area contributed by atoms with Crippen LogP contribution in [0.3, 0.4) is 0 Å². The van der Waals surface area contributed by atoms with E-state index in [4.69, 9.17) is 13.7 Å². The summed E-state index contributed by atoms with van der Waals surface area (Å²) in [4.78, 5) is 13.0. The van der Waals surface area contributed by atoms with E-state index in [1.807, 2.05) is 38.2 Å². The Hall–Kier alpha value is -4.04. The fourth-order valence-electron chi connectivity index (χ4n) is 4.05. The second-order valence-electron chi connectivity index (χ2n) is 8.20. The fraction of sp³-hybridized carbons (Fsp3) is 0.148. The van der Waals surface area contributed by atoms with Gasteiger partial charge >= 0.3 is 10.1 Å². The van der Waals surface area contributed by atoms with E-state index >= 15 is 0 Å². The summed E-state index contributed by atoms with van der Waals surface area (Å²) in [6, 6.07) is 16.5. The van der Waals surface area contributed by atoms with Gasteiger partial charge in [0.25, 0.3) is 0 Å². The van der Waals surface area contributed by atoms with Crippen LogP contribution in [-0.2, 0) is 16.7 Å². The van der Waals surface area contributed by atoms with Crippen molar-refractivity contribution < 1.29 is 26.9 Å². The quantitative estimate of drug-likeness (QED) is 0.268. The highest BCUT2D eigenvalue weighted by molar-refractivity contribution is 7.87. The molecule has 0 saturated carbocycles. The molecule has 35 heavy (non-hydrogen) atoms. The Bertz CT molecular complexity index is 1600. The molecule has 0 fully saturated rings. The molecule has 0 N–H and O–H groups in total. The van der Waals surface area contributed by atoms with Gasteiger partial charge in [-0.05, 0) is 62.4 Å². The SMILES string of the molecule is CCn1cc(C=C2Oc3cc(OS(=O)(=O)c4ccc(C)cc4)ccc3C2=O)c2cc(OC)ccc21. The zero-order valence-corrected chi connectivity index (χ0v) is 20.3. The van der Waals surface area contributed by atoms with Gasteiger partial charge in [0.1, 0.15) is 22.1 Å². The van der Waals surface area contributed by atoms with Crippen LogP contribution in [0.4, 0.5) is 0 Å². The van der Waals surface area contributed by atoms with E-state index in [2.05, 4.69) is 4.57 Å². The first-order chi connectivity index (χ1) is 16.8. The number of nitrogens with zero attached hydrogens (tertiary/aromatic N) is 1. The first-order valence-corrected chi connectivity index (χ1v) is 12.5. The standard InChI is InChI=1S/C27H23NO6S/c1-4-28-16-18(23-14-19(32-3)8-12-24(23)28)13-26-27(29)22-11-7-20(15-25(22)33-26)34-35(30,31)21-9-5-17(2)6-10-21/h5-16H,4H2,1-3H3. The third-order valence-electron chi connectivity index (χ3n) is 5.90. The van der Waals surface area contributed by atoms with Crippen LogP contribution in [0.25, 0.3) is 17.0 Å². The average Bonchev–Trinajstić information content (AvgIpc) is 3.35. The number of carbonyl (C=O) groups is 1. The molecule has 2 heterocycles. The fourth-order valence-corrected chi connectivity index (χ4v) is 4.97. The van der Waals surface area contributed by atoms with Gasteiger partial charge in [-0.3, -0.25) is 4.79 Å². The van der Waals surface area contributed by atoms with Crippen LogP contribution in [0.15, 0.2) is 77.5 Å². The molecule has 0 aliphatic carbocycles. The second-order valence-corrected chi connectivity index (χ2v) is 9.75. The largest absolute Gasteiger partial charge is 0.497 e.